The fourth-order valence-corrected chi connectivity index (χ4v) is 7.08. The minimum atomic E-state index is -0.0583. The van der Waals surface area contributed by atoms with Crippen molar-refractivity contribution >= 4 is 27.4 Å². The standard InChI is InChI=1S/C23H28BrNO/c1-22(2)13-17-3-4-18(24)8-19(17)20(25-22)9-21(26)23-10-14-5-15(11-23)7-16(6-14)12-23/h3-4,8-9,14-16,25H,5-7,10-13H2,1-2H3. The Labute approximate surface area is 165 Å². The number of carbonyl (C=O) groups is 1. The van der Waals surface area contributed by atoms with Gasteiger partial charge in [-0.05, 0) is 94.2 Å². The third-order valence-electron chi connectivity index (χ3n) is 7.30. The SMILES string of the molecule is CC1(C)Cc2ccc(Br)cc2C(=CC(=O)C23CC4CC(CC(C4)C2)C3)N1. The minimum absolute atomic E-state index is 0.0194. The van der Waals surface area contributed by atoms with Gasteiger partial charge in [-0.1, -0.05) is 22.0 Å². The highest BCUT2D eigenvalue weighted by Gasteiger charge is 2.53. The number of fused-ring (bicyclic) bond motifs is 1. The smallest absolute Gasteiger partial charge is 0.163 e. The molecule has 1 aromatic carbocycles. The third kappa shape index (κ3) is 2.78. The third-order valence-corrected chi connectivity index (χ3v) is 7.80. The normalized spacial score (nSPS) is 38.1. The number of rotatable bonds is 2. The molecule has 3 heteroatoms. The van der Waals surface area contributed by atoms with Crippen LogP contribution in [-0.2, 0) is 11.2 Å². The maximum Gasteiger partial charge on any atom is 0.163 e. The van der Waals surface area contributed by atoms with Crippen LogP contribution in [-0.4, -0.2) is 11.3 Å². The van der Waals surface area contributed by atoms with Crippen LogP contribution in [0, 0.1) is 23.2 Å². The minimum Gasteiger partial charge on any atom is -0.379 e. The van der Waals surface area contributed by atoms with E-state index in [1.54, 1.807) is 0 Å². The molecule has 6 rings (SSSR count). The predicted octanol–water partition coefficient (Wildman–Crippen LogP) is 5.50. The summed E-state index contributed by atoms with van der Waals surface area (Å²) in [7, 11) is 0. The molecular formula is C23H28BrNO. The first-order valence-electron chi connectivity index (χ1n) is 10.2. The molecule has 1 aromatic rings. The van der Waals surface area contributed by atoms with Gasteiger partial charge in [0, 0.05) is 32.8 Å². The summed E-state index contributed by atoms with van der Waals surface area (Å²) in [4.78, 5) is 13.5. The molecule has 1 N–H and O–H groups in total. The Morgan fingerprint density at radius 1 is 1.12 bits per heavy atom. The molecule has 2 nitrogen and oxygen atoms in total. The van der Waals surface area contributed by atoms with E-state index in [1.807, 2.05) is 6.08 Å². The van der Waals surface area contributed by atoms with E-state index in [0.29, 0.717) is 5.78 Å². The second-order valence-corrected chi connectivity index (χ2v) is 11.0. The van der Waals surface area contributed by atoms with Gasteiger partial charge in [-0.3, -0.25) is 4.79 Å². The first-order valence-corrected chi connectivity index (χ1v) is 10.9. The van der Waals surface area contributed by atoms with Gasteiger partial charge in [0.2, 0.25) is 0 Å². The van der Waals surface area contributed by atoms with E-state index in [9.17, 15) is 4.79 Å². The number of allylic oxidation sites excluding steroid dienone is 1. The van der Waals surface area contributed by atoms with Crippen molar-refractivity contribution in [2.45, 2.75) is 64.3 Å². The molecule has 0 unspecified atom stereocenters. The molecule has 1 aliphatic heterocycles. The molecule has 5 aliphatic rings. The van der Waals surface area contributed by atoms with Gasteiger partial charge in [0.25, 0.3) is 0 Å². The number of hydrogen-bond donors (Lipinski definition) is 1. The maximum absolute atomic E-state index is 13.5. The van der Waals surface area contributed by atoms with Crippen LogP contribution in [0.1, 0.15) is 63.5 Å². The fraction of sp³-hybridized carbons (Fsp3) is 0.609. The van der Waals surface area contributed by atoms with Crippen molar-refractivity contribution in [2.24, 2.45) is 23.2 Å². The Morgan fingerprint density at radius 2 is 1.73 bits per heavy atom. The Kier molecular flexibility index (Phi) is 3.74. The van der Waals surface area contributed by atoms with Gasteiger partial charge in [-0.15, -0.1) is 0 Å². The lowest BCUT2D eigenvalue weighted by Crippen LogP contribution is -2.50. The lowest BCUT2D eigenvalue weighted by atomic mass is 9.48. The quantitative estimate of drug-likeness (QED) is 0.648. The van der Waals surface area contributed by atoms with Crippen LogP contribution in [0.25, 0.3) is 5.70 Å². The number of halogens is 1. The highest BCUT2D eigenvalue weighted by atomic mass is 79.9. The van der Waals surface area contributed by atoms with Gasteiger partial charge in [0.1, 0.15) is 0 Å². The molecule has 4 saturated carbocycles. The predicted molar refractivity (Wildman–Crippen MR) is 109 cm³/mol. The van der Waals surface area contributed by atoms with Crippen molar-refractivity contribution in [3.8, 4) is 0 Å². The van der Waals surface area contributed by atoms with Crippen molar-refractivity contribution in [2.75, 3.05) is 0 Å². The zero-order chi connectivity index (χ0) is 18.1. The summed E-state index contributed by atoms with van der Waals surface area (Å²) < 4.78 is 1.07. The van der Waals surface area contributed by atoms with Crippen molar-refractivity contribution in [3.63, 3.8) is 0 Å². The molecule has 0 saturated heterocycles. The molecule has 1 heterocycles. The first kappa shape index (κ1) is 17.0. The Morgan fingerprint density at radius 3 is 2.35 bits per heavy atom. The monoisotopic (exact) mass is 413 g/mol. The number of nitrogens with one attached hydrogen (secondary N) is 1. The largest absolute Gasteiger partial charge is 0.379 e. The van der Waals surface area contributed by atoms with Crippen LogP contribution in [0.4, 0.5) is 0 Å². The van der Waals surface area contributed by atoms with Gasteiger partial charge < -0.3 is 5.32 Å². The van der Waals surface area contributed by atoms with Gasteiger partial charge in [0.05, 0.1) is 0 Å². The van der Waals surface area contributed by atoms with E-state index in [4.69, 9.17) is 0 Å². The molecule has 0 aromatic heterocycles. The zero-order valence-electron chi connectivity index (χ0n) is 15.8. The molecule has 0 radical (unpaired) electrons. The summed E-state index contributed by atoms with van der Waals surface area (Å²) in [6, 6.07) is 6.47. The summed E-state index contributed by atoms with van der Waals surface area (Å²) >= 11 is 3.60. The molecular weight excluding hydrogens is 386 g/mol. The Balaban J connectivity index is 1.52. The van der Waals surface area contributed by atoms with E-state index in [1.165, 1.54) is 30.4 Å². The van der Waals surface area contributed by atoms with E-state index < -0.39 is 0 Å². The molecule has 138 valence electrons. The highest BCUT2D eigenvalue weighted by molar-refractivity contribution is 9.10. The Bertz CT molecular complexity index is 771. The number of ketones is 1. The molecule has 4 bridgehead atoms. The second-order valence-electron chi connectivity index (χ2n) is 10.1. The molecule has 4 fully saturated rings. The van der Waals surface area contributed by atoms with Crippen LogP contribution in [0.5, 0.6) is 0 Å². The van der Waals surface area contributed by atoms with E-state index in [0.717, 1.165) is 53.6 Å². The van der Waals surface area contributed by atoms with Crippen LogP contribution in [0.3, 0.4) is 0 Å². The van der Waals surface area contributed by atoms with Crippen molar-refractivity contribution in [1.29, 1.82) is 0 Å². The van der Waals surface area contributed by atoms with E-state index >= 15 is 0 Å². The van der Waals surface area contributed by atoms with E-state index in [-0.39, 0.29) is 11.0 Å². The van der Waals surface area contributed by atoms with Crippen molar-refractivity contribution in [3.05, 3.63) is 39.9 Å². The first-order chi connectivity index (χ1) is 12.3. The van der Waals surface area contributed by atoms with Crippen LogP contribution >= 0.6 is 15.9 Å². The van der Waals surface area contributed by atoms with Crippen LogP contribution < -0.4 is 5.32 Å². The number of benzene rings is 1. The molecule has 0 amide bonds. The second kappa shape index (κ2) is 5.70. The fourth-order valence-electron chi connectivity index (χ4n) is 6.72. The van der Waals surface area contributed by atoms with Crippen molar-refractivity contribution in [1.82, 2.24) is 5.32 Å². The van der Waals surface area contributed by atoms with Gasteiger partial charge >= 0.3 is 0 Å². The molecule has 26 heavy (non-hydrogen) atoms. The van der Waals surface area contributed by atoms with Crippen LogP contribution in [0.2, 0.25) is 0 Å². The van der Waals surface area contributed by atoms with E-state index in [2.05, 4.69) is 53.3 Å². The molecule has 0 spiro atoms. The number of carbonyl (C=O) groups excluding carboxylic acids is 1. The Hall–Kier alpha value is -1.09. The topological polar surface area (TPSA) is 29.1 Å². The van der Waals surface area contributed by atoms with Gasteiger partial charge in [-0.25, -0.2) is 0 Å². The number of hydrogen-bond acceptors (Lipinski definition) is 2. The summed E-state index contributed by atoms with van der Waals surface area (Å²) in [6.45, 7) is 4.45. The summed E-state index contributed by atoms with van der Waals surface area (Å²) in [5.41, 5.74) is 3.47. The van der Waals surface area contributed by atoms with Crippen LogP contribution in [0.15, 0.2) is 28.7 Å². The summed E-state index contributed by atoms with van der Waals surface area (Å²) in [5, 5.41) is 3.66. The van der Waals surface area contributed by atoms with Crippen molar-refractivity contribution < 1.29 is 4.79 Å². The average molecular weight is 414 g/mol. The highest BCUT2D eigenvalue weighted by Crippen LogP contribution is 2.60. The summed E-state index contributed by atoms with van der Waals surface area (Å²) in [6.07, 6.45) is 10.5. The lowest BCUT2D eigenvalue weighted by Gasteiger charge is -2.55. The summed E-state index contributed by atoms with van der Waals surface area (Å²) in [5.74, 6) is 2.81. The zero-order valence-corrected chi connectivity index (χ0v) is 17.4. The maximum atomic E-state index is 13.5. The molecule has 4 aliphatic carbocycles. The average Bonchev–Trinajstić information content (AvgIpc) is 2.53. The lowest BCUT2D eigenvalue weighted by molar-refractivity contribution is -0.138. The van der Waals surface area contributed by atoms with Gasteiger partial charge in [-0.2, -0.15) is 0 Å². The van der Waals surface area contributed by atoms with Gasteiger partial charge in [0.15, 0.2) is 5.78 Å². The molecule has 0 atom stereocenters.